The summed E-state index contributed by atoms with van der Waals surface area (Å²) in [5, 5.41) is 11.4. The highest BCUT2D eigenvalue weighted by Gasteiger charge is 2.46. The van der Waals surface area contributed by atoms with E-state index < -0.39 is 17.7 Å². The minimum Gasteiger partial charge on any atom is -0.507 e. The Balaban J connectivity index is 2.19. The highest BCUT2D eigenvalue weighted by molar-refractivity contribution is 6.46. The van der Waals surface area contributed by atoms with Gasteiger partial charge in [-0.2, -0.15) is 0 Å². The maximum absolute atomic E-state index is 13.1. The van der Waals surface area contributed by atoms with Crippen LogP contribution in [0.3, 0.4) is 0 Å². The molecule has 1 N–H and O–H groups in total. The molecule has 1 amide bonds. The topological polar surface area (TPSA) is 79.7 Å². The molecule has 1 saturated heterocycles. The van der Waals surface area contributed by atoms with E-state index in [1.54, 1.807) is 30.5 Å². The number of unbranched alkanes of at least 4 members (excludes halogenated alkanes) is 2. The van der Waals surface area contributed by atoms with Crippen LogP contribution in [-0.2, 0) is 9.59 Å². The standard InChI is InChI=1S/C26H32N2O4/c1-6-7-8-12-28-23(18-10-9-11-27-15-18)22(25(30)26(28)31)24(29)20-14-19(16(2)3)21(32-5)13-17(20)4/h9-11,13-16,23,29H,6-8,12H2,1-5H3/b24-22+. The van der Waals surface area contributed by atoms with E-state index in [2.05, 4.69) is 11.9 Å². The molecule has 1 aromatic heterocycles. The number of carbonyl (C=O) groups is 2. The number of rotatable bonds is 8. The van der Waals surface area contributed by atoms with E-state index in [1.807, 2.05) is 39.0 Å². The van der Waals surface area contributed by atoms with Crippen LogP contribution in [0.5, 0.6) is 5.75 Å². The minimum atomic E-state index is -0.662. The number of hydrogen-bond donors (Lipinski definition) is 1. The maximum atomic E-state index is 13.1. The molecule has 1 unspecified atom stereocenters. The number of ether oxygens (including phenoxy) is 1. The maximum Gasteiger partial charge on any atom is 0.295 e. The zero-order valence-electron chi connectivity index (χ0n) is 19.5. The van der Waals surface area contributed by atoms with Crippen molar-refractivity contribution in [3.63, 3.8) is 0 Å². The monoisotopic (exact) mass is 436 g/mol. The first-order chi connectivity index (χ1) is 15.3. The molecule has 3 rings (SSSR count). The summed E-state index contributed by atoms with van der Waals surface area (Å²) in [6.45, 7) is 8.48. The Morgan fingerprint density at radius 1 is 1.25 bits per heavy atom. The van der Waals surface area contributed by atoms with Gasteiger partial charge in [-0.25, -0.2) is 0 Å². The Bertz CT molecular complexity index is 1030. The summed E-state index contributed by atoms with van der Waals surface area (Å²) in [6.07, 6.45) is 6.05. The van der Waals surface area contributed by atoms with Crippen molar-refractivity contribution >= 4 is 17.4 Å². The summed E-state index contributed by atoms with van der Waals surface area (Å²) >= 11 is 0. The van der Waals surface area contributed by atoms with Crippen LogP contribution in [-0.4, -0.2) is 40.3 Å². The second-order valence-electron chi connectivity index (χ2n) is 8.55. The molecule has 0 aliphatic carbocycles. The number of likely N-dealkylation sites (tertiary alicyclic amines) is 1. The molecule has 170 valence electrons. The molecule has 1 aliphatic heterocycles. The van der Waals surface area contributed by atoms with Crippen molar-refractivity contribution in [3.05, 3.63) is 64.5 Å². The highest BCUT2D eigenvalue weighted by Crippen LogP contribution is 2.41. The number of aromatic nitrogens is 1. The van der Waals surface area contributed by atoms with Gasteiger partial charge in [0.15, 0.2) is 0 Å². The number of aryl methyl sites for hydroxylation is 1. The smallest absolute Gasteiger partial charge is 0.295 e. The lowest BCUT2D eigenvalue weighted by molar-refractivity contribution is -0.139. The fourth-order valence-corrected chi connectivity index (χ4v) is 4.25. The molecular weight excluding hydrogens is 404 g/mol. The minimum absolute atomic E-state index is 0.113. The second-order valence-corrected chi connectivity index (χ2v) is 8.55. The molecule has 32 heavy (non-hydrogen) atoms. The molecule has 1 fully saturated rings. The van der Waals surface area contributed by atoms with Crippen LogP contribution in [0.15, 0.2) is 42.2 Å². The van der Waals surface area contributed by atoms with Gasteiger partial charge in [-0.05, 0) is 54.2 Å². The molecule has 0 radical (unpaired) electrons. The molecule has 1 aliphatic rings. The average Bonchev–Trinajstić information content (AvgIpc) is 3.04. The van der Waals surface area contributed by atoms with Crippen LogP contribution in [0.1, 0.15) is 74.2 Å². The van der Waals surface area contributed by atoms with E-state index in [1.165, 1.54) is 0 Å². The van der Waals surface area contributed by atoms with Gasteiger partial charge in [0.25, 0.3) is 11.7 Å². The van der Waals surface area contributed by atoms with Crippen LogP contribution in [0.2, 0.25) is 0 Å². The molecule has 1 atom stereocenters. The fourth-order valence-electron chi connectivity index (χ4n) is 4.25. The van der Waals surface area contributed by atoms with Crippen molar-refractivity contribution in [1.82, 2.24) is 9.88 Å². The SMILES string of the molecule is CCCCCN1C(=O)C(=O)/C(=C(/O)c2cc(C(C)C)c(OC)cc2C)C1c1cccnc1. The lowest BCUT2D eigenvalue weighted by atomic mass is 9.91. The summed E-state index contributed by atoms with van der Waals surface area (Å²) in [6, 6.07) is 6.67. The number of ketones is 1. The van der Waals surface area contributed by atoms with Gasteiger partial charge in [-0.15, -0.1) is 0 Å². The number of methoxy groups -OCH3 is 1. The van der Waals surface area contributed by atoms with E-state index >= 15 is 0 Å². The Hall–Kier alpha value is -3.15. The molecule has 6 nitrogen and oxygen atoms in total. The van der Waals surface area contributed by atoms with E-state index in [0.717, 1.165) is 36.1 Å². The normalized spacial score (nSPS) is 17.9. The summed E-state index contributed by atoms with van der Waals surface area (Å²) < 4.78 is 5.51. The molecule has 1 aromatic carbocycles. The lowest BCUT2D eigenvalue weighted by Crippen LogP contribution is -2.30. The summed E-state index contributed by atoms with van der Waals surface area (Å²) in [5.41, 5.74) is 3.05. The van der Waals surface area contributed by atoms with Gasteiger partial charge in [-0.3, -0.25) is 14.6 Å². The van der Waals surface area contributed by atoms with Gasteiger partial charge in [0.2, 0.25) is 0 Å². The first kappa shape index (κ1) is 23.5. The van der Waals surface area contributed by atoms with Crippen molar-refractivity contribution < 1.29 is 19.4 Å². The quantitative estimate of drug-likeness (QED) is 0.268. The third-order valence-corrected chi connectivity index (χ3v) is 6.00. The zero-order valence-corrected chi connectivity index (χ0v) is 19.5. The van der Waals surface area contributed by atoms with Crippen LogP contribution in [0.25, 0.3) is 5.76 Å². The molecule has 6 heteroatoms. The van der Waals surface area contributed by atoms with Crippen molar-refractivity contribution in [2.24, 2.45) is 0 Å². The van der Waals surface area contributed by atoms with E-state index in [4.69, 9.17) is 4.74 Å². The number of aliphatic hydroxyl groups is 1. The molecular formula is C26H32N2O4. The Morgan fingerprint density at radius 2 is 2.00 bits per heavy atom. The third-order valence-electron chi connectivity index (χ3n) is 6.00. The second kappa shape index (κ2) is 9.98. The molecule has 2 heterocycles. The number of pyridine rings is 1. The van der Waals surface area contributed by atoms with Crippen molar-refractivity contribution in [2.75, 3.05) is 13.7 Å². The zero-order chi connectivity index (χ0) is 23.4. The van der Waals surface area contributed by atoms with Crippen molar-refractivity contribution in [3.8, 4) is 5.75 Å². The molecule has 0 bridgehead atoms. The first-order valence-electron chi connectivity index (χ1n) is 11.2. The Morgan fingerprint density at radius 3 is 2.59 bits per heavy atom. The first-order valence-corrected chi connectivity index (χ1v) is 11.2. The fraction of sp³-hybridized carbons (Fsp3) is 0.423. The van der Waals surface area contributed by atoms with Crippen LogP contribution >= 0.6 is 0 Å². The number of carbonyl (C=O) groups excluding carboxylic acids is 2. The van der Waals surface area contributed by atoms with E-state index in [9.17, 15) is 14.7 Å². The Labute approximate surface area is 189 Å². The summed E-state index contributed by atoms with van der Waals surface area (Å²) in [5.74, 6) is -0.501. The highest BCUT2D eigenvalue weighted by atomic mass is 16.5. The number of aliphatic hydroxyl groups excluding tert-OH is 1. The van der Waals surface area contributed by atoms with Gasteiger partial charge >= 0.3 is 0 Å². The molecule has 0 saturated carbocycles. The number of Topliss-reactive ketones (excluding diaryl/α,β-unsaturated/α-hetero) is 1. The van der Waals surface area contributed by atoms with Crippen molar-refractivity contribution in [1.29, 1.82) is 0 Å². The number of hydrogen-bond acceptors (Lipinski definition) is 5. The van der Waals surface area contributed by atoms with Gasteiger partial charge in [0.05, 0.1) is 18.7 Å². The lowest BCUT2D eigenvalue weighted by Gasteiger charge is -2.25. The van der Waals surface area contributed by atoms with E-state index in [0.29, 0.717) is 17.7 Å². The largest absolute Gasteiger partial charge is 0.507 e. The van der Waals surface area contributed by atoms with Gasteiger partial charge in [0, 0.05) is 24.5 Å². The van der Waals surface area contributed by atoms with E-state index in [-0.39, 0.29) is 17.3 Å². The molecule has 0 spiro atoms. The average molecular weight is 437 g/mol. The predicted octanol–water partition coefficient (Wildman–Crippen LogP) is 5.13. The summed E-state index contributed by atoms with van der Waals surface area (Å²) in [4.78, 5) is 31.9. The summed E-state index contributed by atoms with van der Waals surface area (Å²) in [7, 11) is 1.62. The predicted molar refractivity (Wildman–Crippen MR) is 125 cm³/mol. The number of benzene rings is 1. The molecule has 2 aromatic rings. The third kappa shape index (κ3) is 4.40. The van der Waals surface area contributed by atoms with Gasteiger partial charge in [0.1, 0.15) is 11.5 Å². The van der Waals surface area contributed by atoms with Crippen molar-refractivity contribution in [2.45, 2.75) is 58.9 Å². The Kier molecular flexibility index (Phi) is 7.33. The van der Waals surface area contributed by atoms with Gasteiger partial charge < -0.3 is 14.7 Å². The van der Waals surface area contributed by atoms with Crippen LogP contribution in [0.4, 0.5) is 0 Å². The van der Waals surface area contributed by atoms with Crippen LogP contribution in [0, 0.1) is 6.92 Å². The number of amides is 1. The number of nitrogens with zero attached hydrogens (tertiary/aromatic N) is 2. The van der Waals surface area contributed by atoms with Gasteiger partial charge in [-0.1, -0.05) is 39.7 Å². The van der Waals surface area contributed by atoms with Crippen LogP contribution < -0.4 is 4.74 Å².